The Morgan fingerprint density at radius 2 is 1.77 bits per heavy atom. The van der Waals surface area contributed by atoms with Crippen molar-refractivity contribution in [2.45, 2.75) is 19.8 Å². The van der Waals surface area contributed by atoms with E-state index in [-0.39, 0.29) is 29.6 Å². The third-order valence-electron chi connectivity index (χ3n) is 5.84. The molecule has 7 nitrogen and oxygen atoms in total. The molecule has 1 N–H and O–H groups in total. The smallest absolute Gasteiger partial charge is 0.255 e. The lowest BCUT2D eigenvalue weighted by Crippen LogP contribution is -2.31. The summed E-state index contributed by atoms with van der Waals surface area (Å²) in [6.07, 6.45) is 3.20. The van der Waals surface area contributed by atoms with Crippen LogP contribution in [-0.2, 0) is 9.59 Å². The van der Waals surface area contributed by atoms with Crippen molar-refractivity contribution in [2.75, 3.05) is 24.4 Å². The zero-order valence-corrected chi connectivity index (χ0v) is 17.7. The molecule has 7 heteroatoms. The standard InChI is InChI=1S/C24H24N2O5/c1-14-10-11-17-18(12-14)24(29)26(23(17)28)16-7-4-6-15(13-16)22(27)25-19-8-5-9-20(30-2)21(19)31-3/h4-10,13,17-18H,11-12H2,1-3H3,(H,25,27)/t17-,18+/m1/s1. The lowest BCUT2D eigenvalue weighted by Gasteiger charge is -2.18. The average molecular weight is 420 g/mol. The Morgan fingerprint density at radius 1 is 1.03 bits per heavy atom. The molecule has 1 aliphatic carbocycles. The molecule has 1 aliphatic heterocycles. The van der Waals surface area contributed by atoms with Gasteiger partial charge in [-0.05, 0) is 50.1 Å². The molecule has 1 saturated heterocycles. The zero-order valence-electron chi connectivity index (χ0n) is 17.7. The van der Waals surface area contributed by atoms with Gasteiger partial charge in [0, 0.05) is 5.56 Å². The minimum atomic E-state index is -0.387. The minimum Gasteiger partial charge on any atom is -0.493 e. The second kappa shape index (κ2) is 8.26. The Labute approximate surface area is 180 Å². The number of methoxy groups -OCH3 is 2. The second-order valence-electron chi connectivity index (χ2n) is 7.76. The molecule has 0 spiro atoms. The third kappa shape index (κ3) is 3.67. The van der Waals surface area contributed by atoms with Crippen molar-refractivity contribution in [3.8, 4) is 11.5 Å². The summed E-state index contributed by atoms with van der Waals surface area (Å²) in [5.74, 6) is -0.534. The number of hydrogen-bond acceptors (Lipinski definition) is 5. The van der Waals surface area contributed by atoms with Crippen molar-refractivity contribution in [3.05, 3.63) is 59.7 Å². The molecular weight excluding hydrogens is 396 g/mol. The molecule has 4 rings (SSSR count). The molecule has 0 aromatic heterocycles. The molecule has 31 heavy (non-hydrogen) atoms. The van der Waals surface area contributed by atoms with E-state index in [1.807, 2.05) is 13.0 Å². The summed E-state index contributed by atoms with van der Waals surface area (Å²) in [5, 5.41) is 2.81. The van der Waals surface area contributed by atoms with Gasteiger partial charge in [0.25, 0.3) is 5.91 Å². The predicted molar refractivity (Wildman–Crippen MR) is 116 cm³/mol. The Kier molecular flexibility index (Phi) is 5.50. The normalized spacial score (nSPS) is 20.2. The first-order valence-corrected chi connectivity index (χ1v) is 10.1. The van der Waals surface area contributed by atoms with E-state index < -0.39 is 0 Å². The number of ether oxygens (including phenoxy) is 2. The predicted octanol–water partition coefficient (Wildman–Crippen LogP) is 3.80. The maximum absolute atomic E-state index is 13.0. The van der Waals surface area contributed by atoms with Crippen LogP contribution in [0.2, 0.25) is 0 Å². The van der Waals surface area contributed by atoms with Crippen LogP contribution in [0.25, 0.3) is 0 Å². The molecule has 0 radical (unpaired) electrons. The van der Waals surface area contributed by atoms with Gasteiger partial charge in [-0.25, -0.2) is 0 Å². The van der Waals surface area contributed by atoms with Gasteiger partial charge in [0.05, 0.1) is 37.4 Å². The Bertz CT molecular complexity index is 1090. The first-order chi connectivity index (χ1) is 14.9. The molecule has 0 saturated carbocycles. The van der Waals surface area contributed by atoms with E-state index in [9.17, 15) is 14.4 Å². The highest BCUT2D eigenvalue weighted by Crippen LogP contribution is 2.40. The molecule has 2 aromatic carbocycles. The van der Waals surface area contributed by atoms with Gasteiger partial charge >= 0.3 is 0 Å². The van der Waals surface area contributed by atoms with E-state index >= 15 is 0 Å². The molecule has 2 aliphatic rings. The SMILES string of the molecule is COc1cccc(NC(=O)c2cccc(N3C(=O)[C@H]4CC(C)=CC[C@H]4C3=O)c2)c1OC. The molecule has 160 valence electrons. The summed E-state index contributed by atoms with van der Waals surface area (Å²) in [6.45, 7) is 1.98. The summed E-state index contributed by atoms with van der Waals surface area (Å²) in [6, 6.07) is 11.7. The van der Waals surface area contributed by atoms with Crippen molar-refractivity contribution >= 4 is 29.1 Å². The molecule has 0 bridgehead atoms. The quantitative estimate of drug-likeness (QED) is 0.587. The Balaban J connectivity index is 1.59. The number of rotatable bonds is 5. The number of fused-ring (bicyclic) bond motifs is 1. The molecular formula is C24H24N2O5. The fourth-order valence-electron chi connectivity index (χ4n) is 4.26. The minimum absolute atomic E-state index is 0.200. The summed E-state index contributed by atoms with van der Waals surface area (Å²) in [7, 11) is 3.01. The summed E-state index contributed by atoms with van der Waals surface area (Å²) >= 11 is 0. The Hall–Kier alpha value is -3.61. The van der Waals surface area contributed by atoms with Crippen molar-refractivity contribution in [3.63, 3.8) is 0 Å². The van der Waals surface area contributed by atoms with E-state index in [1.54, 1.807) is 42.5 Å². The van der Waals surface area contributed by atoms with Gasteiger partial charge in [-0.3, -0.25) is 19.3 Å². The van der Waals surface area contributed by atoms with E-state index in [0.29, 0.717) is 41.3 Å². The molecule has 0 unspecified atom stereocenters. The number of nitrogens with one attached hydrogen (secondary N) is 1. The number of carbonyl (C=O) groups is 3. The number of benzene rings is 2. The monoisotopic (exact) mass is 420 g/mol. The van der Waals surface area contributed by atoms with Gasteiger partial charge in [0.2, 0.25) is 11.8 Å². The van der Waals surface area contributed by atoms with Crippen LogP contribution in [0.3, 0.4) is 0 Å². The molecule has 1 heterocycles. The van der Waals surface area contributed by atoms with Gasteiger partial charge in [-0.1, -0.05) is 23.8 Å². The van der Waals surface area contributed by atoms with Crippen LogP contribution in [0.1, 0.15) is 30.1 Å². The molecule has 2 aromatic rings. The second-order valence-corrected chi connectivity index (χ2v) is 7.76. The number of para-hydroxylation sites is 1. The van der Waals surface area contributed by atoms with Crippen LogP contribution >= 0.6 is 0 Å². The summed E-state index contributed by atoms with van der Waals surface area (Å²) in [5.41, 5.74) is 2.32. The van der Waals surface area contributed by atoms with E-state index in [0.717, 1.165) is 5.57 Å². The van der Waals surface area contributed by atoms with Crippen LogP contribution in [0, 0.1) is 11.8 Å². The molecule has 1 fully saturated rings. The number of nitrogens with zero attached hydrogens (tertiary/aromatic N) is 1. The van der Waals surface area contributed by atoms with Crippen molar-refractivity contribution < 1.29 is 23.9 Å². The van der Waals surface area contributed by atoms with Gasteiger partial charge in [0.15, 0.2) is 11.5 Å². The van der Waals surface area contributed by atoms with E-state index in [2.05, 4.69) is 5.32 Å². The van der Waals surface area contributed by atoms with Crippen LogP contribution < -0.4 is 19.7 Å². The first-order valence-electron chi connectivity index (χ1n) is 10.1. The highest BCUT2D eigenvalue weighted by atomic mass is 16.5. The third-order valence-corrected chi connectivity index (χ3v) is 5.84. The van der Waals surface area contributed by atoms with Gasteiger partial charge < -0.3 is 14.8 Å². The first kappa shape index (κ1) is 20.7. The molecule has 2 atom stereocenters. The van der Waals surface area contributed by atoms with Gasteiger partial charge in [0.1, 0.15) is 0 Å². The lowest BCUT2D eigenvalue weighted by atomic mass is 9.82. The van der Waals surface area contributed by atoms with Crippen LogP contribution in [0.5, 0.6) is 11.5 Å². The van der Waals surface area contributed by atoms with Crippen LogP contribution in [-0.4, -0.2) is 31.9 Å². The number of anilines is 2. The summed E-state index contributed by atoms with van der Waals surface area (Å²) in [4.78, 5) is 40.0. The Morgan fingerprint density at radius 3 is 2.52 bits per heavy atom. The summed E-state index contributed by atoms with van der Waals surface area (Å²) < 4.78 is 10.6. The van der Waals surface area contributed by atoms with Crippen molar-refractivity contribution in [1.82, 2.24) is 0 Å². The number of amides is 3. The van der Waals surface area contributed by atoms with Crippen molar-refractivity contribution in [2.24, 2.45) is 11.8 Å². The van der Waals surface area contributed by atoms with Crippen molar-refractivity contribution in [1.29, 1.82) is 0 Å². The fourth-order valence-corrected chi connectivity index (χ4v) is 4.26. The zero-order chi connectivity index (χ0) is 22.1. The fraction of sp³-hybridized carbons (Fsp3) is 0.292. The topological polar surface area (TPSA) is 84.9 Å². The lowest BCUT2D eigenvalue weighted by molar-refractivity contribution is -0.122. The van der Waals surface area contributed by atoms with Crippen LogP contribution in [0.15, 0.2) is 54.1 Å². The van der Waals surface area contributed by atoms with E-state index in [4.69, 9.17) is 9.47 Å². The maximum atomic E-state index is 13.0. The highest BCUT2D eigenvalue weighted by Gasteiger charge is 2.48. The van der Waals surface area contributed by atoms with Gasteiger partial charge in [-0.15, -0.1) is 0 Å². The highest BCUT2D eigenvalue weighted by molar-refractivity contribution is 6.22. The number of imide groups is 1. The number of hydrogen-bond donors (Lipinski definition) is 1. The number of carbonyl (C=O) groups excluding carboxylic acids is 3. The van der Waals surface area contributed by atoms with E-state index in [1.165, 1.54) is 19.1 Å². The average Bonchev–Trinajstić information content (AvgIpc) is 3.02. The number of allylic oxidation sites excluding steroid dienone is 2. The van der Waals surface area contributed by atoms with Gasteiger partial charge in [-0.2, -0.15) is 0 Å². The molecule has 3 amide bonds. The van der Waals surface area contributed by atoms with Crippen LogP contribution in [0.4, 0.5) is 11.4 Å². The largest absolute Gasteiger partial charge is 0.493 e. The maximum Gasteiger partial charge on any atom is 0.255 e.